The van der Waals surface area contributed by atoms with Gasteiger partial charge in [0.25, 0.3) is 5.69 Å². The number of hydrogen-bond donors (Lipinski definition) is 2. The molecule has 1 aromatic rings. The van der Waals surface area contributed by atoms with Gasteiger partial charge in [-0.05, 0) is 24.1 Å². The number of piperazine rings is 1. The maximum absolute atomic E-state index is 12.9. The zero-order valence-electron chi connectivity index (χ0n) is 23.2. The van der Waals surface area contributed by atoms with Crippen molar-refractivity contribution in [1.29, 1.82) is 0 Å². The maximum atomic E-state index is 12.9. The average molecular weight is 612 g/mol. The molecule has 2 saturated heterocycles. The quantitative estimate of drug-likeness (QED) is 0.145. The van der Waals surface area contributed by atoms with E-state index in [1.807, 2.05) is 5.01 Å². The Kier molecular flexibility index (Phi) is 13.2. The number of ether oxygens (including phenoxy) is 2. The summed E-state index contributed by atoms with van der Waals surface area (Å²) in [6.07, 6.45) is 1.05. The summed E-state index contributed by atoms with van der Waals surface area (Å²) in [5.74, 6) is 0.717. The number of nitrogens with one attached hydrogen (secondary N) is 2. The summed E-state index contributed by atoms with van der Waals surface area (Å²) in [6, 6.07) is 5.69. The lowest BCUT2D eigenvalue weighted by Gasteiger charge is -2.36. The number of carbonyl (C=O) groups excluding carboxylic acids is 4. The standard InChI is InChI=1S/C26H37N5O8S2/c1-18(32)38-11-7-22-14-27-9-10-30(22)28-25(34)8-12-40-17-23-13-24(41-19(2)33)15-29(23)26(35)39-16-20-3-5-21(6-4-20)31(36)37/h3-6,22-24,27H,7-17H2,1-2H3,(H,28,34)/t22?,23-,24-/m0/s1. The zero-order valence-corrected chi connectivity index (χ0v) is 24.9. The molecule has 3 atom stereocenters. The van der Waals surface area contributed by atoms with Gasteiger partial charge in [-0.2, -0.15) is 11.8 Å². The van der Waals surface area contributed by atoms with Crippen molar-refractivity contribution >= 4 is 52.3 Å². The van der Waals surface area contributed by atoms with Crippen molar-refractivity contribution in [3.8, 4) is 0 Å². The van der Waals surface area contributed by atoms with Gasteiger partial charge >= 0.3 is 12.1 Å². The number of likely N-dealkylation sites (tertiary alicyclic amines) is 1. The van der Waals surface area contributed by atoms with Crippen LogP contribution in [0.15, 0.2) is 24.3 Å². The minimum atomic E-state index is -0.503. The molecule has 0 aromatic heterocycles. The largest absolute Gasteiger partial charge is 0.466 e. The number of nitrogens with zero attached hydrogens (tertiary/aromatic N) is 3. The van der Waals surface area contributed by atoms with E-state index in [2.05, 4.69) is 10.7 Å². The van der Waals surface area contributed by atoms with Gasteiger partial charge in [0.2, 0.25) is 5.91 Å². The number of non-ortho nitro benzene ring substituents is 1. The predicted molar refractivity (Wildman–Crippen MR) is 155 cm³/mol. The summed E-state index contributed by atoms with van der Waals surface area (Å²) < 4.78 is 10.5. The van der Waals surface area contributed by atoms with Crippen LogP contribution in [0.2, 0.25) is 0 Å². The third-order valence-corrected chi connectivity index (χ3v) is 8.73. The molecule has 0 radical (unpaired) electrons. The lowest BCUT2D eigenvalue weighted by atomic mass is 10.1. The molecule has 1 unspecified atom stereocenters. The fourth-order valence-corrected chi connectivity index (χ4v) is 6.73. The second kappa shape index (κ2) is 16.5. The first-order valence-electron chi connectivity index (χ1n) is 13.4. The average Bonchev–Trinajstić information content (AvgIpc) is 3.32. The van der Waals surface area contributed by atoms with E-state index in [4.69, 9.17) is 9.47 Å². The van der Waals surface area contributed by atoms with Crippen molar-refractivity contribution in [2.24, 2.45) is 0 Å². The Hall–Kier alpha value is -2.88. The molecule has 0 saturated carbocycles. The Morgan fingerprint density at radius 1 is 1.15 bits per heavy atom. The van der Waals surface area contributed by atoms with Crippen LogP contribution >= 0.6 is 23.5 Å². The molecule has 0 spiro atoms. The fraction of sp³-hybridized carbons (Fsp3) is 0.615. The number of nitro groups is 1. The van der Waals surface area contributed by atoms with Crippen LogP contribution in [-0.2, 0) is 30.5 Å². The Morgan fingerprint density at radius 3 is 2.59 bits per heavy atom. The van der Waals surface area contributed by atoms with Crippen molar-refractivity contribution in [2.45, 2.75) is 57.1 Å². The summed E-state index contributed by atoms with van der Waals surface area (Å²) in [6.45, 7) is 5.61. The lowest BCUT2D eigenvalue weighted by Crippen LogP contribution is -2.58. The third-order valence-electron chi connectivity index (χ3n) is 6.61. The van der Waals surface area contributed by atoms with Crippen LogP contribution in [-0.4, -0.2) is 99.5 Å². The molecule has 0 bridgehead atoms. The van der Waals surface area contributed by atoms with Crippen LogP contribution in [0.25, 0.3) is 0 Å². The maximum Gasteiger partial charge on any atom is 0.410 e. The first-order valence-corrected chi connectivity index (χ1v) is 15.5. The van der Waals surface area contributed by atoms with E-state index in [0.717, 1.165) is 6.54 Å². The molecule has 0 aliphatic carbocycles. The van der Waals surface area contributed by atoms with E-state index in [-0.39, 0.29) is 46.6 Å². The van der Waals surface area contributed by atoms with Crippen molar-refractivity contribution in [2.75, 3.05) is 44.3 Å². The molecule has 2 aliphatic heterocycles. The summed E-state index contributed by atoms with van der Waals surface area (Å²) >= 11 is 2.78. The van der Waals surface area contributed by atoms with Crippen LogP contribution in [0, 0.1) is 10.1 Å². The molecule has 13 nitrogen and oxygen atoms in total. The number of benzene rings is 1. The topological polar surface area (TPSA) is 160 Å². The molecule has 2 aliphatic rings. The molecule has 15 heteroatoms. The second-order valence-corrected chi connectivity index (χ2v) is 12.4. The highest BCUT2D eigenvalue weighted by atomic mass is 32.2. The molecular weight excluding hydrogens is 574 g/mol. The van der Waals surface area contributed by atoms with Crippen molar-refractivity contribution in [3.05, 3.63) is 39.9 Å². The minimum Gasteiger partial charge on any atom is -0.466 e. The Labute approximate surface area is 247 Å². The van der Waals surface area contributed by atoms with Gasteiger partial charge in [0.05, 0.1) is 11.5 Å². The van der Waals surface area contributed by atoms with Crippen molar-refractivity contribution in [3.63, 3.8) is 0 Å². The number of nitro benzene ring substituents is 1. The predicted octanol–water partition coefficient (Wildman–Crippen LogP) is 2.34. The van der Waals surface area contributed by atoms with E-state index in [0.29, 0.717) is 62.6 Å². The SMILES string of the molecule is CC(=O)OCCC1CNCCN1NC(=O)CCSC[C@@H]1C[C@H](SC(C)=O)CN1C(=O)OCc1ccc([N+](=O)[O-])cc1. The van der Waals surface area contributed by atoms with Crippen LogP contribution in [0.1, 0.15) is 38.7 Å². The molecule has 1 aromatic carbocycles. The van der Waals surface area contributed by atoms with Crippen molar-refractivity contribution in [1.82, 2.24) is 20.7 Å². The van der Waals surface area contributed by atoms with Crippen molar-refractivity contribution < 1.29 is 33.6 Å². The molecule has 2 fully saturated rings. The fourth-order valence-electron chi connectivity index (χ4n) is 4.62. The van der Waals surface area contributed by atoms with Crippen LogP contribution in [0.3, 0.4) is 0 Å². The summed E-state index contributed by atoms with van der Waals surface area (Å²) in [7, 11) is 0. The molecule has 2 heterocycles. The summed E-state index contributed by atoms with van der Waals surface area (Å²) in [4.78, 5) is 60.3. The van der Waals surface area contributed by atoms with Gasteiger partial charge in [-0.15, -0.1) is 0 Å². The normalized spacial score (nSPS) is 20.8. The van der Waals surface area contributed by atoms with Gasteiger partial charge in [0, 0.05) is 93.8 Å². The van der Waals surface area contributed by atoms with E-state index in [1.54, 1.807) is 28.8 Å². The molecule has 226 valence electrons. The molecule has 41 heavy (non-hydrogen) atoms. The minimum absolute atomic E-state index is 0.0155. The van der Waals surface area contributed by atoms with E-state index < -0.39 is 11.0 Å². The van der Waals surface area contributed by atoms with Crippen LogP contribution in [0.4, 0.5) is 10.5 Å². The molecule has 3 rings (SSSR count). The number of carbonyl (C=O) groups is 4. The van der Waals surface area contributed by atoms with E-state index in [9.17, 15) is 29.3 Å². The van der Waals surface area contributed by atoms with Gasteiger partial charge in [-0.3, -0.25) is 29.9 Å². The van der Waals surface area contributed by atoms with Crippen LogP contribution in [0.5, 0.6) is 0 Å². The Balaban J connectivity index is 1.45. The van der Waals surface area contributed by atoms with Crippen LogP contribution < -0.4 is 10.7 Å². The number of thioether (sulfide) groups is 2. The number of hydrogen-bond acceptors (Lipinski definition) is 12. The Bertz CT molecular complexity index is 1080. The second-order valence-electron chi connectivity index (χ2n) is 9.79. The number of esters is 1. The van der Waals surface area contributed by atoms with Gasteiger partial charge in [0.15, 0.2) is 5.12 Å². The smallest absolute Gasteiger partial charge is 0.410 e. The van der Waals surface area contributed by atoms with Gasteiger partial charge in [-0.25, -0.2) is 9.80 Å². The number of amides is 2. The summed E-state index contributed by atoms with van der Waals surface area (Å²) in [5, 5.41) is 16.0. The molecular formula is C26H37N5O8S2. The molecule has 2 N–H and O–H groups in total. The monoisotopic (exact) mass is 611 g/mol. The molecule has 2 amide bonds. The number of hydrazine groups is 1. The first kappa shape index (κ1) is 32.6. The highest BCUT2D eigenvalue weighted by Crippen LogP contribution is 2.31. The third kappa shape index (κ3) is 11.1. The van der Waals surface area contributed by atoms with E-state index >= 15 is 0 Å². The van der Waals surface area contributed by atoms with Gasteiger partial charge in [0.1, 0.15) is 6.61 Å². The highest BCUT2D eigenvalue weighted by Gasteiger charge is 2.37. The Morgan fingerprint density at radius 2 is 1.90 bits per heavy atom. The first-order chi connectivity index (χ1) is 19.6. The zero-order chi connectivity index (χ0) is 29.8. The van der Waals surface area contributed by atoms with E-state index in [1.165, 1.54) is 37.7 Å². The van der Waals surface area contributed by atoms with Gasteiger partial charge < -0.3 is 19.7 Å². The highest BCUT2D eigenvalue weighted by molar-refractivity contribution is 8.14. The lowest BCUT2D eigenvalue weighted by molar-refractivity contribution is -0.384. The summed E-state index contributed by atoms with van der Waals surface area (Å²) in [5.41, 5.74) is 3.56. The number of rotatable bonds is 13. The van der Waals surface area contributed by atoms with Gasteiger partial charge in [-0.1, -0.05) is 11.8 Å².